The van der Waals surface area contributed by atoms with Crippen LogP contribution in [-0.2, 0) is 0 Å². The highest BCUT2D eigenvalue weighted by Crippen LogP contribution is 2.28. The summed E-state index contributed by atoms with van der Waals surface area (Å²) >= 11 is 3.46. The lowest BCUT2D eigenvalue weighted by atomic mass is 9.91. The summed E-state index contributed by atoms with van der Waals surface area (Å²) in [5.41, 5.74) is 7.38. The molecule has 0 radical (unpaired) electrons. The standard InChI is InChI=1S/C15H24BrNO/c1-11(17)13-10-12(16)6-7-14(13)18-9-5-8-15(2,3)4/h6-7,10-11H,5,8-9,17H2,1-4H3. The van der Waals surface area contributed by atoms with E-state index in [0.29, 0.717) is 5.41 Å². The zero-order valence-corrected chi connectivity index (χ0v) is 13.4. The van der Waals surface area contributed by atoms with Crippen molar-refractivity contribution in [2.75, 3.05) is 6.61 Å². The maximum Gasteiger partial charge on any atom is 0.124 e. The Balaban J connectivity index is 2.57. The van der Waals surface area contributed by atoms with E-state index >= 15 is 0 Å². The van der Waals surface area contributed by atoms with Crippen LogP contribution in [0.1, 0.15) is 52.1 Å². The molecular weight excluding hydrogens is 290 g/mol. The number of hydrogen-bond donors (Lipinski definition) is 1. The molecule has 0 aromatic heterocycles. The van der Waals surface area contributed by atoms with Crippen molar-refractivity contribution in [1.82, 2.24) is 0 Å². The first kappa shape index (κ1) is 15.5. The Morgan fingerprint density at radius 1 is 1.33 bits per heavy atom. The highest BCUT2D eigenvalue weighted by Gasteiger charge is 2.11. The molecule has 0 heterocycles. The fourth-order valence-electron chi connectivity index (χ4n) is 1.79. The van der Waals surface area contributed by atoms with Crippen LogP contribution in [0.15, 0.2) is 22.7 Å². The van der Waals surface area contributed by atoms with E-state index < -0.39 is 0 Å². The largest absolute Gasteiger partial charge is 0.493 e. The molecule has 102 valence electrons. The van der Waals surface area contributed by atoms with Crippen molar-refractivity contribution >= 4 is 15.9 Å². The Morgan fingerprint density at radius 3 is 2.56 bits per heavy atom. The second kappa shape index (κ2) is 6.58. The molecule has 0 aliphatic carbocycles. The van der Waals surface area contributed by atoms with Crippen LogP contribution in [0.3, 0.4) is 0 Å². The van der Waals surface area contributed by atoms with Gasteiger partial charge in [0.05, 0.1) is 6.61 Å². The van der Waals surface area contributed by atoms with Crippen molar-refractivity contribution in [3.05, 3.63) is 28.2 Å². The number of halogens is 1. The summed E-state index contributed by atoms with van der Waals surface area (Å²) in [5, 5.41) is 0. The van der Waals surface area contributed by atoms with Crippen LogP contribution in [0, 0.1) is 5.41 Å². The Hall–Kier alpha value is -0.540. The molecule has 1 rings (SSSR count). The van der Waals surface area contributed by atoms with E-state index in [2.05, 4.69) is 36.7 Å². The molecule has 0 amide bonds. The lowest BCUT2D eigenvalue weighted by Crippen LogP contribution is -2.11. The summed E-state index contributed by atoms with van der Waals surface area (Å²) in [5.74, 6) is 0.905. The minimum Gasteiger partial charge on any atom is -0.493 e. The van der Waals surface area contributed by atoms with Crippen molar-refractivity contribution in [1.29, 1.82) is 0 Å². The van der Waals surface area contributed by atoms with Gasteiger partial charge in [-0.3, -0.25) is 0 Å². The smallest absolute Gasteiger partial charge is 0.124 e. The first-order valence-corrected chi connectivity index (χ1v) is 7.27. The molecule has 0 saturated heterocycles. The third-order valence-corrected chi connectivity index (χ3v) is 3.28. The monoisotopic (exact) mass is 313 g/mol. The molecule has 0 bridgehead atoms. The minimum atomic E-state index is -0.0138. The van der Waals surface area contributed by atoms with Crippen LogP contribution in [-0.4, -0.2) is 6.61 Å². The molecule has 2 N–H and O–H groups in total. The molecule has 1 aromatic rings. The summed E-state index contributed by atoms with van der Waals surface area (Å²) < 4.78 is 6.89. The van der Waals surface area contributed by atoms with Crippen molar-refractivity contribution in [2.45, 2.75) is 46.6 Å². The molecule has 1 unspecified atom stereocenters. The first-order valence-electron chi connectivity index (χ1n) is 6.47. The highest BCUT2D eigenvalue weighted by molar-refractivity contribution is 9.10. The van der Waals surface area contributed by atoms with Crippen LogP contribution in [0.2, 0.25) is 0 Å². The third kappa shape index (κ3) is 5.40. The lowest BCUT2D eigenvalue weighted by Gasteiger charge is -2.19. The Labute approximate surface area is 119 Å². The number of hydrogen-bond acceptors (Lipinski definition) is 2. The Kier molecular flexibility index (Phi) is 5.67. The van der Waals surface area contributed by atoms with E-state index in [1.165, 1.54) is 0 Å². The van der Waals surface area contributed by atoms with Gasteiger partial charge in [-0.2, -0.15) is 0 Å². The lowest BCUT2D eigenvalue weighted by molar-refractivity contribution is 0.266. The average Bonchev–Trinajstić information content (AvgIpc) is 2.24. The number of ether oxygens (including phenoxy) is 1. The van der Waals surface area contributed by atoms with Crippen molar-refractivity contribution in [3.8, 4) is 5.75 Å². The summed E-state index contributed by atoms with van der Waals surface area (Å²) in [6.45, 7) is 9.47. The summed E-state index contributed by atoms with van der Waals surface area (Å²) in [7, 11) is 0. The van der Waals surface area contributed by atoms with Crippen molar-refractivity contribution in [2.24, 2.45) is 11.1 Å². The molecule has 1 atom stereocenters. The maximum absolute atomic E-state index is 5.96. The summed E-state index contributed by atoms with van der Waals surface area (Å²) in [6.07, 6.45) is 2.23. The van der Waals surface area contributed by atoms with Gasteiger partial charge in [0.2, 0.25) is 0 Å². The molecule has 2 nitrogen and oxygen atoms in total. The second-order valence-electron chi connectivity index (χ2n) is 5.98. The SMILES string of the molecule is CC(N)c1cc(Br)ccc1OCCCC(C)(C)C. The molecule has 3 heteroatoms. The minimum absolute atomic E-state index is 0.0138. The average molecular weight is 314 g/mol. The summed E-state index contributed by atoms with van der Waals surface area (Å²) in [4.78, 5) is 0. The second-order valence-corrected chi connectivity index (χ2v) is 6.90. The molecule has 0 saturated carbocycles. The molecule has 0 aliphatic heterocycles. The maximum atomic E-state index is 5.96. The molecule has 0 aliphatic rings. The van der Waals surface area contributed by atoms with Gasteiger partial charge >= 0.3 is 0 Å². The normalized spacial score (nSPS) is 13.4. The molecule has 0 spiro atoms. The van der Waals surface area contributed by atoms with Crippen LogP contribution in [0.4, 0.5) is 0 Å². The third-order valence-electron chi connectivity index (χ3n) is 2.79. The topological polar surface area (TPSA) is 35.2 Å². The number of benzene rings is 1. The molecule has 0 fully saturated rings. The first-order chi connectivity index (χ1) is 8.29. The zero-order valence-electron chi connectivity index (χ0n) is 11.8. The molecule has 18 heavy (non-hydrogen) atoms. The van der Waals surface area contributed by atoms with Crippen LogP contribution in [0.25, 0.3) is 0 Å². The van der Waals surface area contributed by atoms with Crippen LogP contribution >= 0.6 is 15.9 Å². The van der Waals surface area contributed by atoms with Gasteiger partial charge in [-0.25, -0.2) is 0 Å². The van der Waals surface area contributed by atoms with Gasteiger partial charge in [0.15, 0.2) is 0 Å². The Morgan fingerprint density at radius 2 is 2.00 bits per heavy atom. The highest BCUT2D eigenvalue weighted by atomic mass is 79.9. The van der Waals surface area contributed by atoms with Crippen LogP contribution < -0.4 is 10.5 Å². The van der Waals surface area contributed by atoms with Gasteiger partial charge in [0.1, 0.15) is 5.75 Å². The molecular formula is C15H24BrNO. The van der Waals surface area contributed by atoms with Gasteiger partial charge in [-0.1, -0.05) is 36.7 Å². The van der Waals surface area contributed by atoms with Gasteiger partial charge in [-0.05, 0) is 43.4 Å². The predicted molar refractivity (Wildman–Crippen MR) is 80.9 cm³/mol. The Bertz CT molecular complexity index is 383. The van der Waals surface area contributed by atoms with E-state index in [9.17, 15) is 0 Å². The van der Waals surface area contributed by atoms with E-state index in [1.54, 1.807) is 0 Å². The van der Waals surface area contributed by atoms with Crippen molar-refractivity contribution < 1.29 is 4.74 Å². The van der Waals surface area contributed by atoms with E-state index in [-0.39, 0.29) is 6.04 Å². The van der Waals surface area contributed by atoms with E-state index in [4.69, 9.17) is 10.5 Å². The number of nitrogens with two attached hydrogens (primary N) is 1. The predicted octanol–water partition coefficient (Wildman–Crippen LogP) is 4.67. The van der Waals surface area contributed by atoms with E-state index in [0.717, 1.165) is 35.2 Å². The van der Waals surface area contributed by atoms with Gasteiger partial charge < -0.3 is 10.5 Å². The van der Waals surface area contributed by atoms with Gasteiger partial charge in [-0.15, -0.1) is 0 Å². The fourth-order valence-corrected chi connectivity index (χ4v) is 2.17. The molecule has 1 aromatic carbocycles. The van der Waals surface area contributed by atoms with Crippen molar-refractivity contribution in [3.63, 3.8) is 0 Å². The zero-order chi connectivity index (χ0) is 13.8. The van der Waals surface area contributed by atoms with Crippen LogP contribution in [0.5, 0.6) is 5.75 Å². The fraction of sp³-hybridized carbons (Fsp3) is 0.600. The quantitative estimate of drug-likeness (QED) is 0.801. The summed E-state index contributed by atoms with van der Waals surface area (Å²) in [6, 6.07) is 5.99. The van der Waals surface area contributed by atoms with E-state index in [1.807, 2.05) is 25.1 Å². The number of rotatable bonds is 5. The van der Waals surface area contributed by atoms with Gasteiger partial charge in [0, 0.05) is 16.1 Å². The van der Waals surface area contributed by atoms with Gasteiger partial charge in [0.25, 0.3) is 0 Å².